The maximum Gasteiger partial charge on any atom is 0.227 e. The first kappa shape index (κ1) is 12.0. The molecule has 17 heavy (non-hydrogen) atoms. The predicted molar refractivity (Wildman–Crippen MR) is 65.4 cm³/mol. The molecule has 2 rings (SSSR count). The van der Waals surface area contributed by atoms with E-state index >= 15 is 0 Å². The molecule has 3 nitrogen and oxygen atoms in total. The van der Waals surface area contributed by atoms with E-state index in [-0.39, 0.29) is 23.7 Å². The zero-order chi connectivity index (χ0) is 12.4. The number of rotatable bonds is 3. The Bertz CT molecular complexity index is 422. The van der Waals surface area contributed by atoms with Gasteiger partial charge in [0.15, 0.2) is 0 Å². The summed E-state index contributed by atoms with van der Waals surface area (Å²) in [5, 5.41) is 3.09. The number of nitrogens with one attached hydrogen (secondary N) is 1. The van der Waals surface area contributed by atoms with E-state index in [0.717, 1.165) is 6.54 Å². The van der Waals surface area contributed by atoms with Crippen LogP contribution in [0, 0.1) is 11.7 Å². The van der Waals surface area contributed by atoms with Crippen LogP contribution in [0.2, 0.25) is 0 Å². The minimum atomic E-state index is -0.306. The molecule has 0 spiro atoms. The Hall–Kier alpha value is -1.42. The quantitative estimate of drug-likeness (QED) is 0.867. The van der Waals surface area contributed by atoms with Crippen LogP contribution in [0.25, 0.3) is 0 Å². The van der Waals surface area contributed by atoms with Crippen molar-refractivity contribution in [3.63, 3.8) is 0 Å². The van der Waals surface area contributed by atoms with Gasteiger partial charge >= 0.3 is 0 Å². The minimum Gasteiger partial charge on any atom is -0.319 e. The molecule has 1 aliphatic heterocycles. The Labute approximate surface area is 101 Å². The molecule has 0 bridgehead atoms. The van der Waals surface area contributed by atoms with E-state index in [2.05, 4.69) is 5.32 Å². The highest BCUT2D eigenvalue weighted by Crippen LogP contribution is 2.30. The summed E-state index contributed by atoms with van der Waals surface area (Å²) in [5.41, 5.74) is 0.654. The molecule has 0 saturated carbocycles. The van der Waals surface area contributed by atoms with Crippen LogP contribution in [-0.2, 0) is 4.79 Å². The minimum absolute atomic E-state index is 0.0725. The predicted octanol–water partition coefficient (Wildman–Crippen LogP) is 1.79. The zero-order valence-corrected chi connectivity index (χ0v) is 10.1. The molecule has 2 unspecified atom stereocenters. The normalized spacial score (nSPS) is 24.4. The van der Waals surface area contributed by atoms with Gasteiger partial charge in [0.1, 0.15) is 5.82 Å². The van der Waals surface area contributed by atoms with Gasteiger partial charge in [0, 0.05) is 30.6 Å². The third kappa shape index (κ3) is 2.31. The lowest BCUT2D eigenvalue weighted by Crippen LogP contribution is -2.35. The Balaban J connectivity index is 2.24. The molecule has 1 amide bonds. The van der Waals surface area contributed by atoms with Gasteiger partial charge in [-0.05, 0) is 32.2 Å². The second-order valence-electron chi connectivity index (χ2n) is 4.51. The average Bonchev–Trinajstić information content (AvgIpc) is 2.55. The van der Waals surface area contributed by atoms with Crippen molar-refractivity contribution in [2.75, 3.05) is 18.5 Å². The molecule has 0 radical (unpaired) electrons. The number of halogens is 1. The Morgan fingerprint density at radius 1 is 1.53 bits per heavy atom. The Morgan fingerprint density at radius 2 is 2.29 bits per heavy atom. The Kier molecular flexibility index (Phi) is 3.43. The summed E-state index contributed by atoms with van der Waals surface area (Å²) in [4.78, 5) is 13.7. The number of amides is 1. The van der Waals surface area contributed by atoms with Crippen molar-refractivity contribution in [2.24, 2.45) is 5.92 Å². The zero-order valence-electron chi connectivity index (χ0n) is 10.1. The molecule has 0 aliphatic carbocycles. The van der Waals surface area contributed by atoms with Crippen molar-refractivity contribution in [3.8, 4) is 0 Å². The number of carbonyl (C=O) groups is 1. The fraction of sp³-hybridized carbons (Fsp3) is 0.462. The van der Waals surface area contributed by atoms with Crippen LogP contribution in [0.3, 0.4) is 0 Å². The molecule has 1 aromatic rings. The largest absolute Gasteiger partial charge is 0.319 e. The van der Waals surface area contributed by atoms with Crippen molar-refractivity contribution < 1.29 is 9.18 Å². The van der Waals surface area contributed by atoms with E-state index in [9.17, 15) is 9.18 Å². The van der Waals surface area contributed by atoms with Crippen LogP contribution in [-0.4, -0.2) is 25.5 Å². The molecule has 2 atom stereocenters. The van der Waals surface area contributed by atoms with Crippen LogP contribution >= 0.6 is 0 Å². The van der Waals surface area contributed by atoms with Crippen LogP contribution in [0.15, 0.2) is 24.3 Å². The molecular weight excluding hydrogens is 219 g/mol. The van der Waals surface area contributed by atoms with Crippen molar-refractivity contribution in [3.05, 3.63) is 30.1 Å². The molecule has 1 N–H and O–H groups in total. The summed E-state index contributed by atoms with van der Waals surface area (Å²) in [6.07, 6.45) is 0.526. The van der Waals surface area contributed by atoms with Crippen LogP contribution < -0.4 is 10.2 Å². The molecule has 1 aliphatic rings. The molecule has 1 fully saturated rings. The summed E-state index contributed by atoms with van der Waals surface area (Å²) >= 11 is 0. The lowest BCUT2D eigenvalue weighted by Gasteiger charge is -2.24. The molecular formula is C13H17FN2O. The third-order valence-electron chi connectivity index (χ3n) is 3.35. The van der Waals surface area contributed by atoms with Gasteiger partial charge in [0.25, 0.3) is 0 Å². The number of anilines is 1. The fourth-order valence-corrected chi connectivity index (χ4v) is 2.44. The third-order valence-corrected chi connectivity index (χ3v) is 3.35. The van der Waals surface area contributed by atoms with E-state index < -0.39 is 0 Å². The first-order valence-electron chi connectivity index (χ1n) is 5.85. The molecule has 1 heterocycles. The van der Waals surface area contributed by atoms with Gasteiger partial charge in [-0.15, -0.1) is 0 Å². The van der Waals surface area contributed by atoms with Gasteiger partial charge in [-0.1, -0.05) is 6.07 Å². The van der Waals surface area contributed by atoms with E-state index in [4.69, 9.17) is 0 Å². The summed E-state index contributed by atoms with van der Waals surface area (Å²) in [7, 11) is 1.88. The van der Waals surface area contributed by atoms with Crippen LogP contribution in [0.5, 0.6) is 0 Å². The Morgan fingerprint density at radius 3 is 2.94 bits per heavy atom. The van der Waals surface area contributed by atoms with Crippen LogP contribution in [0.1, 0.15) is 13.3 Å². The monoisotopic (exact) mass is 236 g/mol. The highest BCUT2D eigenvalue weighted by atomic mass is 19.1. The maximum atomic E-state index is 13.2. The fourth-order valence-electron chi connectivity index (χ4n) is 2.44. The summed E-state index contributed by atoms with van der Waals surface area (Å²) in [5.74, 6) is 0.0543. The van der Waals surface area contributed by atoms with E-state index in [1.807, 2.05) is 14.0 Å². The average molecular weight is 236 g/mol. The molecule has 1 aromatic carbocycles. The lowest BCUT2D eigenvalue weighted by molar-refractivity contribution is -0.117. The molecule has 1 saturated heterocycles. The van der Waals surface area contributed by atoms with E-state index in [0.29, 0.717) is 12.1 Å². The summed E-state index contributed by atoms with van der Waals surface area (Å²) in [6.45, 7) is 2.82. The second kappa shape index (κ2) is 4.84. The molecule has 92 valence electrons. The van der Waals surface area contributed by atoms with Gasteiger partial charge in [-0.25, -0.2) is 4.39 Å². The number of benzene rings is 1. The van der Waals surface area contributed by atoms with Crippen molar-refractivity contribution in [2.45, 2.75) is 19.4 Å². The standard InChI is InChI=1S/C13H17FN2O/c1-9-10(8-15-2)6-13(17)16(9)12-5-3-4-11(14)7-12/h3-5,7,9-10,15H,6,8H2,1-2H3. The number of nitrogens with zero attached hydrogens (tertiary/aromatic N) is 1. The topological polar surface area (TPSA) is 32.3 Å². The van der Waals surface area contributed by atoms with Gasteiger partial charge in [-0.3, -0.25) is 4.79 Å². The highest BCUT2D eigenvalue weighted by molar-refractivity contribution is 5.96. The highest BCUT2D eigenvalue weighted by Gasteiger charge is 2.37. The number of carbonyl (C=O) groups excluding carboxylic acids is 1. The van der Waals surface area contributed by atoms with Crippen LogP contribution in [0.4, 0.5) is 10.1 Å². The van der Waals surface area contributed by atoms with Crippen molar-refractivity contribution in [1.29, 1.82) is 0 Å². The van der Waals surface area contributed by atoms with Crippen molar-refractivity contribution in [1.82, 2.24) is 5.32 Å². The van der Waals surface area contributed by atoms with Crippen molar-refractivity contribution >= 4 is 11.6 Å². The van der Waals surface area contributed by atoms with Gasteiger partial charge in [0.2, 0.25) is 5.91 Å². The smallest absolute Gasteiger partial charge is 0.227 e. The maximum absolute atomic E-state index is 13.2. The summed E-state index contributed by atoms with van der Waals surface area (Å²) < 4.78 is 13.2. The van der Waals surface area contributed by atoms with Gasteiger partial charge in [0.05, 0.1) is 0 Å². The second-order valence-corrected chi connectivity index (χ2v) is 4.51. The summed E-state index contributed by atoms with van der Waals surface area (Å²) in [6, 6.07) is 6.32. The van der Waals surface area contributed by atoms with E-state index in [1.54, 1.807) is 17.0 Å². The first-order valence-corrected chi connectivity index (χ1v) is 5.85. The number of hydrogen-bond donors (Lipinski definition) is 1. The number of hydrogen-bond acceptors (Lipinski definition) is 2. The molecule has 0 aromatic heterocycles. The van der Waals surface area contributed by atoms with Gasteiger partial charge in [-0.2, -0.15) is 0 Å². The lowest BCUT2D eigenvalue weighted by atomic mass is 10.0. The molecule has 4 heteroatoms. The first-order chi connectivity index (χ1) is 8.13. The van der Waals surface area contributed by atoms with E-state index in [1.165, 1.54) is 12.1 Å². The van der Waals surface area contributed by atoms with Gasteiger partial charge < -0.3 is 10.2 Å². The SMILES string of the molecule is CNCC1CC(=O)N(c2cccc(F)c2)C1C.